The number of thioether (sulfide) groups is 1. The summed E-state index contributed by atoms with van der Waals surface area (Å²) in [6.07, 6.45) is 1.69. The highest BCUT2D eigenvalue weighted by molar-refractivity contribution is 7.99. The van der Waals surface area contributed by atoms with Crippen LogP contribution < -0.4 is 5.43 Å². The molecule has 5 nitrogen and oxygen atoms in total. The predicted molar refractivity (Wildman–Crippen MR) is 121 cm³/mol. The zero-order valence-corrected chi connectivity index (χ0v) is 17.4. The first-order valence-electron chi connectivity index (χ1n) is 9.41. The number of hydrazone groups is 1. The molecule has 1 amide bonds. The molecular formula is C23H22N4OS. The standard InChI is InChI=1S/C23H22N4OS/c1-14-8-9-21-18(10-14)15(2)11-23(26-21)29-13-22(28)27-24-12-19-16(3)25-20-7-5-4-6-17(19)20/h4-12,25H,13H2,1-3H3,(H,27,28)/b24-12-. The number of amides is 1. The largest absolute Gasteiger partial charge is 0.358 e. The van der Waals surface area contributed by atoms with E-state index in [-0.39, 0.29) is 11.7 Å². The highest BCUT2D eigenvalue weighted by Crippen LogP contribution is 2.24. The van der Waals surface area contributed by atoms with E-state index >= 15 is 0 Å². The number of nitrogens with one attached hydrogen (secondary N) is 2. The predicted octanol–water partition coefficient (Wildman–Crippen LogP) is 4.88. The van der Waals surface area contributed by atoms with Gasteiger partial charge in [-0.2, -0.15) is 5.10 Å². The Kier molecular flexibility index (Phi) is 5.36. The number of nitrogens with zero attached hydrogens (tertiary/aromatic N) is 2. The van der Waals surface area contributed by atoms with E-state index in [1.165, 1.54) is 17.3 Å². The molecule has 2 aromatic heterocycles. The van der Waals surface area contributed by atoms with Gasteiger partial charge >= 0.3 is 0 Å². The summed E-state index contributed by atoms with van der Waals surface area (Å²) in [5.74, 6) is 0.0980. The number of hydrogen-bond donors (Lipinski definition) is 2. The Morgan fingerprint density at radius 2 is 1.97 bits per heavy atom. The number of H-pyrrole nitrogens is 1. The van der Waals surface area contributed by atoms with Crippen LogP contribution in [0.1, 0.15) is 22.4 Å². The number of rotatable bonds is 5. The second-order valence-electron chi connectivity index (χ2n) is 7.09. The van der Waals surface area contributed by atoms with Crippen LogP contribution >= 0.6 is 11.8 Å². The number of carbonyl (C=O) groups is 1. The number of carbonyl (C=O) groups excluding carboxylic acids is 1. The van der Waals surface area contributed by atoms with Crippen molar-refractivity contribution >= 4 is 45.7 Å². The van der Waals surface area contributed by atoms with Crippen LogP contribution in [0.5, 0.6) is 0 Å². The van der Waals surface area contributed by atoms with Crippen molar-refractivity contribution in [2.24, 2.45) is 5.10 Å². The molecule has 6 heteroatoms. The normalized spacial score (nSPS) is 11.6. The Labute approximate surface area is 173 Å². The minimum absolute atomic E-state index is 0.160. The van der Waals surface area contributed by atoms with Crippen LogP contribution in [0.4, 0.5) is 0 Å². The van der Waals surface area contributed by atoms with E-state index in [1.54, 1.807) is 6.21 Å². The van der Waals surface area contributed by atoms with Crippen LogP contribution in [0.25, 0.3) is 21.8 Å². The summed E-state index contributed by atoms with van der Waals surface area (Å²) in [6, 6.07) is 16.3. The van der Waals surface area contributed by atoms with Gasteiger partial charge in [0.25, 0.3) is 0 Å². The number of aromatic nitrogens is 2. The lowest BCUT2D eigenvalue weighted by Gasteiger charge is -2.07. The SMILES string of the molecule is Cc1ccc2nc(SCC(=O)N/N=C\c3c(C)[nH]c4ccccc34)cc(C)c2c1. The van der Waals surface area contributed by atoms with Gasteiger partial charge in [-0.1, -0.05) is 41.6 Å². The maximum absolute atomic E-state index is 12.2. The molecule has 0 spiro atoms. The van der Waals surface area contributed by atoms with Crippen molar-refractivity contribution < 1.29 is 4.79 Å². The lowest BCUT2D eigenvalue weighted by atomic mass is 10.1. The molecule has 0 radical (unpaired) electrons. The molecule has 2 aromatic carbocycles. The zero-order chi connectivity index (χ0) is 20.4. The van der Waals surface area contributed by atoms with Crippen molar-refractivity contribution in [1.82, 2.24) is 15.4 Å². The van der Waals surface area contributed by atoms with E-state index in [1.807, 2.05) is 43.3 Å². The van der Waals surface area contributed by atoms with E-state index in [0.29, 0.717) is 0 Å². The second-order valence-corrected chi connectivity index (χ2v) is 8.08. The van der Waals surface area contributed by atoms with Crippen LogP contribution in [0.2, 0.25) is 0 Å². The van der Waals surface area contributed by atoms with E-state index in [2.05, 4.69) is 46.5 Å². The number of para-hydroxylation sites is 1. The maximum Gasteiger partial charge on any atom is 0.250 e. The topological polar surface area (TPSA) is 70.1 Å². The Morgan fingerprint density at radius 3 is 2.83 bits per heavy atom. The molecule has 2 heterocycles. The van der Waals surface area contributed by atoms with E-state index in [4.69, 9.17) is 0 Å². The number of fused-ring (bicyclic) bond motifs is 2. The smallest absolute Gasteiger partial charge is 0.250 e. The van der Waals surface area contributed by atoms with Crippen molar-refractivity contribution in [3.8, 4) is 0 Å². The van der Waals surface area contributed by atoms with Gasteiger partial charge in [0.2, 0.25) is 5.91 Å². The minimum atomic E-state index is -0.160. The Hall–Kier alpha value is -3.12. The molecule has 4 rings (SSSR count). The van der Waals surface area contributed by atoms with Crippen molar-refractivity contribution in [3.05, 3.63) is 70.9 Å². The van der Waals surface area contributed by atoms with Crippen LogP contribution in [0.15, 0.2) is 58.7 Å². The summed E-state index contributed by atoms with van der Waals surface area (Å²) in [6.45, 7) is 6.14. The summed E-state index contributed by atoms with van der Waals surface area (Å²) in [7, 11) is 0. The van der Waals surface area contributed by atoms with Crippen molar-refractivity contribution in [2.45, 2.75) is 25.8 Å². The van der Waals surface area contributed by atoms with Gasteiger partial charge in [-0.15, -0.1) is 0 Å². The van der Waals surface area contributed by atoms with Crippen molar-refractivity contribution in [3.63, 3.8) is 0 Å². The molecule has 2 N–H and O–H groups in total. The molecule has 0 fully saturated rings. The van der Waals surface area contributed by atoms with Gasteiger partial charge < -0.3 is 4.98 Å². The Bertz CT molecular complexity index is 1240. The van der Waals surface area contributed by atoms with E-state index in [9.17, 15) is 4.79 Å². The van der Waals surface area contributed by atoms with Gasteiger partial charge in [0.05, 0.1) is 22.5 Å². The molecule has 146 valence electrons. The van der Waals surface area contributed by atoms with Gasteiger partial charge in [0.1, 0.15) is 0 Å². The fourth-order valence-electron chi connectivity index (χ4n) is 3.36. The molecule has 0 bridgehead atoms. The molecule has 0 atom stereocenters. The number of aromatic amines is 1. The quantitative estimate of drug-likeness (QED) is 0.284. The lowest BCUT2D eigenvalue weighted by Crippen LogP contribution is -2.19. The molecule has 0 aliphatic heterocycles. The highest BCUT2D eigenvalue weighted by Gasteiger charge is 2.08. The number of aryl methyl sites for hydroxylation is 3. The molecule has 29 heavy (non-hydrogen) atoms. The van der Waals surface area contributed by atoms with Gasteiger partial charge in [0.15, 0.2) is 0 Å². The highest BCUT2D eigenvalue weighted by atomic mass is 32.2. The molecule has 0 saturated heterocycles. The van der Waals surface area contributed by atoms with Gasteiger partial charge in [-0.25, -0.2) is 10.4 Å². The second kappa shape index (κ2) is 8.09. The first kappa shape index (κ1) is 19.2. The molecule has 0 saturated carbocycles. The van der Waals surface area contributed by atoms with Crippen LogP contribution in [0.3, 0.4) is 0 Å². The van der Waals surface area contributed by atoms with Crippen LogP contribution in [-0.2, 0) is 4.79 Å². The number of pyridine rings is 1. The summed E-state index contributed by atoms with van der Waals surface area (Å²) < 4.78 is 0. The lowest BCUT2D eigenvalue weighted by molar-refractivity contribution is -0.118. The van der Waals surface area contributed by atoms with Gasteiger partial charge in [-0.3, -0.25) is 4.79 Å². The first-order valence-corrected chi connectivity index (χ1v) is 10.4. The van der Waals surface area contributed by atoms with Crippen molar-refractivity contribution in [2.75, 3.05) is 5.75 Å². The minimum Gasteiger partial charge on any atom is -0.358 e. The summed E-state index contributed by atoms with van der Waals surface area (Å²) in [5.41, 5.74) is 8.99. The third-order valence-corrected chi connectivity index (χ3v) is 5.74. The third kappa shape index (κ3) is 4.17. The van der Waals surface area contributed by atoms with Crippen LogP contribution in [-0.4, -0.2) is 27.8 Å². The average Bonchev–Trinajstić information content (AvgIpc) is 3.02. The van der Waals surface area contributed by atoms with Gasteiger partial charge in [0, 0.05) is 27.5 Å². The van der Waals surface area contributed by atoms with Crippen LogP contribution in [0, 0.1) is 20.8 Å². The molecular weight excluding hydrogens is 380 g/mol. The summed E-state index contributed by atoms with van der Waals surface area (Å²) >= 11 is 1.41. The summed E-state index contributed by atoms with van der Waals surface area (Å²) in [4.78, 5) is 20.2. The van der Waals surface area contributed by atoms with Gasteiger partial charge in [-0.05, 0) is 50.6 Å². The monoisotopic (exact) mass is 402 g/mol. The van der Waals surface area contributed by atoms with E-state index < -0.39 is 0 Å². The van der Waals surface area contributed by atoms with Crippen molar-refractivity contribution in [1.29, 1.82) is 0 Å². The summed E-state index contributed by atoms with van der Waals surface area (Å²) in [5, 5.41) is 7.21. The Morgan fingerprint density at radius 1 is 1.14 bits per heavy atom. The van der Waals surface area contributed by atoms with E-state index in [0.717, 1.165) is 43.7 Å². The number of benzene rings is 2. The fraction of sp³-hybridized carbons (Fsp3) is 0.174. The third-order valence-electron chi connectivity index (χ3n) is 4.82. The molecule has 0 aliphatic carbocycles. The molecule has 4 aromatic rings. The number of hydrogen-bond acceptors (Lipinski definition) is 4. The Balaban J connectivity index is 1.40. The average molecular weight is 403 g/mol. The first-order chi connectivity index (χ1) is 14.0. The maximum atomic E-state index is 12.2. The molecule has 0 aliphatic rings. The fourth-order valence-corrected chi connectivity index (χ4v) is 4.12. The molecule has 0 unspecified atom stereocenters. The zero-order valence-electron chi connectivity index (χ0n) is 16.6.